The standard InChI is InChI=1S/C32H42ClN3O7/c1-7-42-31(40)29-24(35-20(2)27(30(38)39)28(29)22-12-8-9-13-23(22)33)17-36(5)19-32(3,4)34-16-21(37)18-43-26-15-11-10-14-25(26)41-6/h8-15,21,28,34-35,37H,7,16-19H2,1-6H3,(H,38,39). The first-order valence-electron chi connectivity index (χ1n) is 14.1. The van der Waals surface area contributed by atoms with Crippen molar-refractivity contribution in [2.75, 3.05) is 47.0 Å². The van der Waals surface area contributed by atoms with Gasteiger partial charge >= 0.3 is 11.9 Å². The molecule has 2 aromatic rings. The number of halogens is 1. The zero-order valence-electron chi connectivity index (χ0n) is 25.6. The van der Waals surface area contributed by atoms with Crippen LogP contribution in [0.5, 0.6) is 11.5 Å². The van der Waals surface area contributed by atoms with Crippen LogP contribution in [-0.2, 0) is 14.3 Å². The fraction of sp³-hybridized carbons (Fsp3) is 0.438. The normalized spacial score (nSPS) is 16.2. The first-order chi connectivity index (χ1) is 20.4. The molecule has 43 heavy (non-hydrogen) atoms. The number of benzene rings is 2. The molecule has 2 atom stereocenters. The monoisotopic (exact) mass is 615 g/mol. The lowest BCUT2D eigenvalue weighted by Gasteiger charge is -2.35. The Kier molecular flexibility index (Phi) is 12.0. The Labute approximate surface area is 258 Å². The van der Waals surface area contributed by atoms with Crippen LogP contribution in [0.1, 0.15) is 39.2 Å². The number of likely N-dealkylation sites (N-methyl/N-ethyl adjacent to an activating group) is 1. The third-order valence-corrected chi connectivity index (χ3v) is 7.34. The fourth-order valence-corrected chi connectivity index (χ4v) is 5.45. The second-order valence-corrected chi connectivity index (χ2v) is 11.5. The Balaban J connectivity index is 1.76. The van der Waals surface area contributed by atoms with Crippen LogP contribution in [0.15, 0.2) is 71.1 Å². The molecule has 0 aliphatic carbocycles. The summed E-state index contributed by atoms with van der Waals surface area (Å²) in [6.07, 6.45) is -0.772. The van der Waals surface area contributed by atoms with Crippen LogP contribution in [-0.4, -0.2) is 85.7 Å². The van der Waals surface area contributed by atoms with Gasteiger partial charge in [0.2, 0.25) is 0 Å². The Morgan fingerprint density at radius 1 is 1.12 bits per heavy atom. The van der Waals surface area contributed by atoms with E-state index in [1.165, 1.54) is 0 Å². The summed E-state index contributed by atoms with van der Waals surface area (Å²) < 4.78 is 16.4. The molecule has 0 bridgehead atoms. The molecule has 4 N–H and O–H groups in total. The van der Waals surface area contributed by atoms with E-state index < -0.39 is 29.5 Å². The lowest BCUT2D eigenvalue weighted by Crippen LogP contribution is -2.51. The molecule has 1 heterocycles. The second kappa shape index (κ2) is 15.2. The number of hydrogen-bond donors (Lipinski definition) is 4. The molecule has 0 fully saturated rings. The van der Waals surface area contributed by atoms with E-state index in [9.17, 15) is 19.8 Å². The number of carbonyl (C=O) groups excluding carboxylic acids is 1. The van der Waals surface area contributed by atoms with E-state index in [0.717, 1.165) is 0 Å². The molecule has 1 aliphatic rings. The number of hydrogen-bond acceptors (Lipinski definition) is 9. The predicted octanol–water partition coefficient (Wildman–Crippen LogP) is 3.95. The van der Waals surface area contributed by atoms with Crippen LogP contribution in [0, 0.1) is 0 Å². The van der Waals surface area contributed by atoms with Gasteiger partial charge in [-0.1, -0.05) is 41.9 Å². The van der Waals surface area contributed by atoms with Crippen molar-refractivity contribution < 1.29 is 34.0 Å². The number of nitrogens with one attached hydrogen (secondary N) is 2. The second-order valence-electron chi connectivity index (χ2n) is 11.1. The SMILES string of the molecule is CCOC(=O)C1=C(CN(C)CC(C)(C)NCC(O)COc2ccccc2OC)NC(C)=C(C(=O)O)C1c1ccccc1Cl. The van der Waals surface area contributed by atoms with Crippen molar-refractivity contribution in [2.45, 2.75) is 45.3 Å². The van der Waals surface area contributed by atoms with E-state index in [0.29, 0.717) is 46.6 Å². The largest absolute Gasteiger partial charge is 0.493 e. The van der Waals surface area contributed by atoms with Gasteiger partial charge < -0.3 is 35.1 Å². The molecule has 0 saturated heterocycles. The number of aliphatic hydroxyl groups is 1. The number of aliphatic hydroxyl groups excluding tert-OH is 1. The Morgan fingerprint density at radius 2 is 1.77 bits per heavy atom. The Hall–Kier alpha value is -3.57. The Bertz CT molecular complexity index is 1360. The molecule has 2 unspecified atom stereocenters. The zero-order valence-corrected chi connectivity index (χ0v) is 26.3. The number of allylic oxidation sites excluding steroid dienone is 1. The van der Waals surface area contributed by atoms with Gasteiger partial charge in [-0.25, -0.2) is 9.59 Å². The quantitative estimate of drug-likeness (QED) is 0.219. The third kappa shape index (κ3) is 8.96. The minimum atomic E-state index is -1.15. The lowest BCUT2D eigenvalue weighted by molar-refractivity contribution is -0.139. The molecule has 0 saturated carbocycles. The van der Waals surface area contributed by atoms with Gasteiger partial charge in [-0.3, -0.25) is 4.90 Å². The number of dihydropyridines is 1. The van der Waals surface area contributed by atoms with E-state index in [2.05, 4.69) is 10.6 Å². The number of β-amino-alcohol motifs (C(OH)–C–C–N with tert-alkyl or cyclic N) is 1. The smallest absolute Gasteiger partial charge is 0.336 e. The summed E-state index contributed by atoms with van der Waals surface area (Å²) in [5.74, 6) is -1.53. The fourth-order valence-electron chi connectivity index (χ4n) is 5.21. The van der Waals surface area contributed by atoms with Gasteiger partial charge in [-0.05, 0) is 58.5 Å². The average Bonchev–Trinajstić information content (AvgIpc) is 2.94. The number of nitrogens with zero attached hydrogens (tertiary/aromatic N) is 1. The van der Waals surface area contributed by atoms with Crippen molar-refractivity contribution in [2.24, 2.45) is 0 Å². The Morgan fingerprint density at radius 3 is 2.40 bits per heavy atom. The molecule has 10 nitrogen and oxygen atoms in total. The van der Waals surface area contributed by atoms with Crippen molar-refractivity contribution in [1.82, 2.24) is 15.5 Å². The summed E-state index contributed by atoms with van der Waals surface area (Å²) in [6.45, 7) is 8.71. The molecule has 3 rings (SSSR count). The van der Waals surface area contributed by atoms with Crippen LogP contribution in [0.2, 0.25) is 5.02 Å². The van der Waals surface area contributed by atoms with Gasteiger partial charge in [-0.15, -0.1) is 0 Å². The van der Waals surface area contributed by atoms with Crippen molar-refractivity contribution in [3.63, 3.8) is 0 Å². The number of esters is 1. The van der Waals surface area contributed by atoms with Crippen molar-refractivity contribution >= 4 is 23.5 Å². The van der Waals surface area contributed by atoms with Gasteiger partial charge in [0.15, 0.2) is 11.5 Å². The summed E-state index contributed by atoms with van der Waals surface area (Å²) in [7, 11) is 3.46. The number of rotatable bonds is 15. The van der Waals surface area contributed by atoms with Crippen LogP contribution in [0.3, 0.4) is 0 Å². The van der Waals surface area contributed by atoms with E-state index in [1.54, 1.807) is 57.4 Å². The maximum absolute atomic E-state index is 13.4. The number of carboxylic acid groups (broad SMARTS) is 1. The molecule has 11 heteroatoms. The molecule has 0 radical (unpaired) electrons. The predicted molar refractivity (Wildman–Crippen MR) is 165 cm³/mol. The highest BCUT2D eigenvalue weighted by Crippen LogP contribution is 2.41. The van der Waals surface area contributed by atoms with Crippen LogP contribution in [0.25, 0.3) is 0 Å². The van der Waals surface area contributed by atoms with Crippen molar-refractivity contribution in [3.8, 4) is 11.5 Å². The van der Waals surface area contributed by atoms with Crippen molar-refractivity contribution in [1.29, 1.82) is 0 Å². The van der Waals surface area contributed by atoms with Crippen molar-refractivity contribution in [3.05, 3.63) is 81.7 Å². The topological polar surface area (TPSA) is 130 Å². The van der Waals surface area contributed by atoms with Gasteiger partial charge in [-0.2, -0.15) is 0 Å². The molecular formula is C32H42ClN3O7. The highest BCUT2D eigenvalue weighted by molar-refractivity contribution is 6.31. The van der Waals surface area contributed by atoms with E-state index in [-0.39, 0.29) is 30.9 Å². The van der Waals surface area contributed by atoms with Gasteiger partial charge in [0, 0.05) is 41.6 Å². The summed E-state index contributed by atoms with van der Waals surface area (Å²) >= 11 is 6.53. The first kappa shape index (κ1) is 33.9. The van der Waals surface area contributed by atoms with Gasteiger partial charge in [0.25, 0.3) is 0 Å². The maximum atomic E-state index is 13.4. The maximum Gasteiger partial charge on any atom is 0.336 e. The molecule has 2 aromatic carbocycles. The number of carbonyl (C=O) groups is 2. The molecule has 0 spiro atoms. The van der Waals surface area contributed by atoms with E-state index in [1.807, 2.05) is 37.9 Å². The number of carboxylic acids is 1. The molecular weight excluding hydrogens is 574 g/mol. The average molecular weight is 616 g/mol. The zero-order chi connectivity index (χ0) is 31.7. The van der Waals surface area contributed by atoms with E-state index in [4.69, 9.17) is 25.8 Å². The lowest BCUT2D eigenvalue weighted by atomic mass is 9.80. The molecule has 0 aromatic heterocycles. The summed E-state index contributed by atoms with van der Waals surface area (Å²) in [5.41, 5.74) is 1.27. The number of methoxy groups -OCH3 is 1. The molecule has 234 valence electrons. The number of aliphatic carboxylic acids is 1. The minimum Gasteiger partial charge on any atom is -0.493 e. The minimum absolute atomic E-state index is 0.0360. The highest BCUT2D eigenvalue weighted by atomic mass is 35.5. The summed E-state index contributed by atoms with van der Waals surface area (Å²) in [6, 6.07) is 14.2. The molecule has 1 aliphatic heterocycles. The summed E-state index contributed by atoms with van der Waals surface area (Å²) in [5, 5.41) is 27.6. The van der Waals surface area contributed by atoms with E-state index >= 15 is 0 Å². The van der Waals surface area contributed by atoms with Crippen LogP contribution >= 0.6 is 11.6 Å². The third-order valence-electron chi connectivity index (χ3n) is 7.00. The van der Waals surface area contributed by atoms with Gasteiger partial charge in [0.1, 0.15) is 12.7 Å². The summed E-state index contributed by atoms with van der Waals surface area (Å²) in [4.78, 5) is 27.8. The number of ether oxygens (including phenoxy) is 3. The first-order valence-corrected chi connectivity index (χ1v) is 14.5. The highest BCUT2D eigenvalue weighted by Gasteiger charge is 2.39. The van der Waals surface area contributed by atoms with Gasteiger partial charge in [0.05, 0.1) is 30.8 Å². The van der Waals surface area contributed by atoms with Crippen LogP contribution < -0.4 is 20.1 Å². The number of para-hydroxylation sites is 2. The molecule has 0 amide bonds. The van der Waals surface area contributed by atoms with Crippen LogP contribution in [0.4, 0.5) is 0 Å².